The number of amides is 1. The number of rotatable bonds is 2. The number of hydrogen-bond donors (Lipinski definition) is 0. The predicted octanol–water partition coefficient (Wildman–Crippen LogP) is 3.69. The van der Waals surface area contributed by atoms with Crippen LogP contribution in [0.4, 0.5) is 5.69 Å². The Morgan fingerprint density at radius 1 is 1.37 bits per heavy atom. The molecule has 1 saturated heterocycles. The van der Waals surface area contributed by atoms with E-state index < -0.39 is 0 Å². The first-order valence-electron chi connectivity index (χ1n) is 5.81. The van der Waals surface area contributed by atoms with Gasteiger partial charge in [0.15, 0.2) is 5.12 Å². The van der Waals surface area contributed by atoms with Crippen molar-refractivity contribution >= 4 is 51.7 Å². The summed E-state index contributed by atoms with van der Waals surface area (Å²) in [6.07, 6.45) is 0.368. The van der Waals surface area contributed by atoms with E-state index in [2.05, 4.69) is 0 Å². The lowest BCUT2D eigenvalue weighted by Crippen LogP contribution is -2.25. The van der Waals surface area contributed by atoms with Crippen LogP contribution in [0.25, 0.3) is 0 Å². The third kappa shape index (κ3) is 3.25. The molecule has 3 nitrogen and oxygen atoms in total. The number of carbonyl (C=O) groups excluding carboxylic acids is 2. The lowest BCUT2D eigenvalue weighted by Gasteiger charge is -2.18. The van der Waals surface area contributed by atoms with Crippen molar-refractivity contribution in [2.75, 3.05) is 11.4 Å². The summed E-state index contributed by atoms with van der Waals surface area (Å²) < 4.78 is 0. The van der Waals surface area contributed by atoms with Crippen molar-refractivity contribution in [3.8, 4) is 0 Å². The Kier molecular flexibility index (Phi) is 4.43. The van der Waals surface area contributed by atoms with Crippen LogP contribution in [0.3, 0.4) is 0 Å². The number of carbonyl (C=O) groups is 2. The van der Waals surface area contributed by atoms with Crippen molar-refractivity contribution in [2.45, 2.75) is 25.5 Å². The van der Waals surface area contributed by atoms with E-state index in [0.29, 0.717) is 28.7 Å². The molecule has 2 rings (SSSR count). The summed E-state index contributed by atoms with van der Waals surface area (Å²) in [7, 11) is 0. The van der Waals surface area contributed by atoms with Gasteiger partial charge in [0.25, 0.3) is 0 Å². The van der Waals surface area contributed by atoms with E-state index >= 15 is 0 Å². The molecule has 6 heteroatoms. The highest BCUT2D eigenvalue weighted by Crippen LogP contribution is 2.34. The van der Waals surface area contributed by atoms with Gasteiger partial charge in [-0.3, -0.25) is 9.59 Å². The van der Waals surface area contributed by atoms with Crippen LogP contribution >= 0.6 is 35.0 Å². The van der Waals surface area contributed by atoms with Gasteiger partial charge in [-0.15, -0.1) is 0 Å². The molecule has 1 aliphatic heterocycles. The summed E-state index contributed by atoms with van der Waals surface area (Å²) in [5, 5.41) is 1.11. The summed E-state index contributed by atoms with van der Waals surface area (Å²) in [5.41, 5.74) is 1.49. The Morgan fingerprint density at radius 2 is 1.95 bits per heavy atom. The average Bonchev–Trinajstić information content (AvgIpc) is 2.65. The molecule has 0 spiro atoms. The van der Waals surface area contributed by atoms with Crippen LogP contribution in [0.15, 0.2) is 12.1 Å². The lowest BCUT2D eigenvalue weighted by molar-refractivity contribution is -0.117. The molecule has 1 aromatic rings. The van der Waals surface area contributed by atoms with E-state index in [9.17, 15) is 9.59 Å². The van der Waals surface area contributed by atoms with Crippen LogP contribution in [-0.2, 0) is 9.59 Å². The first kappa shape index (κ1) is 14.7. The van der Waals surface area contributed by atoms with E-state index in [-0.39, 0.29) is 16.3 Å². The maximum Gasteiger partial charge on any atom is 0.228 e. The molecule has 1 aromatic carbocycles. The number of anilines is 1. The third-order valence-corrected chi connectivity index (χ3v) is 4.77. The summed E-state index contributed by atoms with van der Waals surface area (Å²) in [4.78, 5) is 24.7. The summed E-state index contributed by atoms with van der Waals surface area (Å²) in [6, 6.07) is 3.48. The van der Waals surface area contributed by atoms with Crippen LogP contribution in [0, 0.1) is 6.92 Å². The zero-order chi connectivity index (χ0) is 14.2. The van der Waals surface area contributed by atoms with Gasteiger partial charge in [0.05, 0.1) is 0 Å². The standard InChI is InChI=1S/C13H13Cl2NO2S/c1-7-11(14)3-9(4-12(7)15)16-6-10(5-13(16)18)19-8(2)17/h3-4,10H,5-6H2,1-2H3. The molecule has 19 heavy (non-hydrogen) atoms. The Bertz CT molecular complexity index is 524. The van der Waals surface area contributed by atoms with Crippen LogP contribution < -0.4 is 4.90 Å². The van der Waals surface area contributed by atoms with E-state index in [1.807, 2.05) is 6.92 Å². The van der Waals surface area contributed by atoms with Gasteiger partial charge in [0, 0.05) is 40.9 Å². The van der Waals surface area contributed by atoms with Gasteiger partial charge < -0.3 is 4.90 Å². The zero-order valence-corrected chi connectivity index (χ0v) is 12.9. The summed E-state index contributed by atoms with van der Waals surface area (Å²) in [5.74, 6) is -0.00487. The van der Waals surface area contributed by atoms with E-state index in [1.165, 1.54) is 18.7 Å². The van der Waals surface area contributed by atoms with Crippen molar-refractivity contribution in [2.24, 2.45) is 0 Å². The number of nitrogens with zero attached hydrogens (tertiary/aromatic N) is 1. The number of hydrogen-bond acceptors (Lipinski definition) is 3. The Morgan fingerprint density at radius 3 is 2.47 bits per heavy atom. The molecule has 102 valence electrons. The van der Waals surface area contributed by atoms with Gasteiger partial charge in [-0.05, 0) is 24.6 Å². The molecule has 0 aliphatic carbocycles. The van der Waals surface area contributed by atoms with Crippen molar-refractivity contribution < 1.29 is 9.59 Å². The maximum atomic E-state index is 12.0. The minimum atomic E-state index is -0.00487. The molecule has 0 radical (unpaired) electrons. The highest BCUT2D eigenvalue weighted by molar-refractivity contribution is 8.14. The van der Waals surface area contributed by atoms with Gasteiger partial charge in [-0.25, -0.2) is 0 Å². The maximum absolute atomic E-state index is 12.0. The largest absolute Gasteiger partial charge is 0.311 e. The number of halogens is 2. The Labute approximate surface area is 126 Å². The fraction of sp³-hybridized carbons (Fsp3) is 0.385. The number of benzene rings is 1. The van der Waals surface area contributed by atoms with Gasteiger partial charge in [0.1, 0.15) is 0 Å². The van der Waals surface area contributed by atoms with Gasteiger partial charge in [0.2, 0.25) is 5.91 Å². The second-order valence-electron chi connectivity index (χ2n) is 4.47. The van der Waals surface area contributed by atoms with E-state index in [4.69, 9.17) is 23.2 Å². The molecule has 1 unspecified atom stereocenters. The average molecular weight is 318 g/mol. The first-order chi connectivity index (χ1) is 8.88. The molecule has 1 fully saturated rings. The minimum Gasteiger partial charge on any atom is -0.311 e. The molecule has 1 amide bonds. The van der Waals surface area contributed by atoms with Gasteiger partial charge >= 0.3 is 0 Å². The second kappa shape index (κ2) is 5.73. The lowest BCUT2D eigenvalue weighted by atomic mass is 10.2. The Balaban J connectivity index is 2.23. The van der Waals surface area contributed by atoms with Crippen LogP contribution in [0.5, 0.6) is 0 Å². The SMILES string of the molecule is CC(=O)SC1CC(=O)N(c2cc(Cl)c(C)c(Cl)c2)C1. The minimum absolute atomic E-state index is 0.00357. The van der Waals surface area contributed by atoms with Crippen LogP contribution in [-0.4, -0.2) is 22.8 Å². The highest BCUT2D eigenvalue weighted by atomic mass is 35.5. The topological polar surface area (TPSA) is 37.4 Å². The fourth-order valence-electron chi connectivity index (χ4n) is 2.03. The molecule has 0 aromatic heterocycles. The highest BCUT2D eigenvalue weighted by Gasteiger charge is 2.32. The molecule has 1 aliphatic rings. The van der Waals surface area contributed by atoms with Crippen molar-refractivity contribution in [1.29, 1.82) is 0 Å². The molecule has 0 saturated carbocycles. The van der Waals surface area contributed by atoms with E-state index in [1.54, 1.807) is 17.0 Å². The normalized spacial score (nSPS) is 19.1. The summed E-state index contributed by atoms with van der Waals surface area (Å²) >= 11 is 13.4. The van der Waals surface area contributed by atoms with Crippen molar-refractivity contribution in [3.63, 3.8) is 0 Å². The first-order valence-corrected chi connectivity index (χ1v) is 7.45. The Hall–Kier alpha value is -0.710. The predicted molar refractivity (Wildman–Crippen MR) is 80.2 cm³/mol. The van der Waals surface area contributed by atoms with Gasteiger partial charge in [-0.1, -0.05) is 35.0 Å². The second-order valence-corrected chi connectivity index (χ2v) is 6.77. The van der Waals surface area contributed by atoms with Crippen molar-refractivity contribution in [1.82, 2.24) is 0 Å². The molecule has 0 N–H and O–H groups in total. The van der Waals surface area contributed by atoms with Crippen LogP contribution in [0.2, 0.25) is 10.0 Å². The molecule has 1 heterocycles. The zero-order valence-electron chi connectivity index (χ0n) is 10.6. The number of thioether (sulfide) groups is 1. The smallest absolute Gasteiger partial charge is 0.228 e. The van der Waals surface area contributed by atoms with E-state index in [0.717, 1.165) is 5.56 Å². The molecule has 1 atom stereocenters. The summed E-state index contributed by atoms with van der Waals surface area (Å²) in [6.45, 7) is 3.85. The fourth-order valence-corrected chi connectivity index (χ4v) is 3.42. The van der Waals surface area contributed by atoms with Crippen LogP contribution in [0.1, 0.15) is 18.9 Å². The molecular formula is C13H13Cl2NO2S. The van der Waals surface area contributed by atoms with Gasteiger partial charge in [-0.2, -0.15) is 0 Å². The third-order valence-electron chi connectivity index (χ3n) is 3.00. The van der Waals surface area contributed by atoms with Crippen molar-refractivity contribution in [3.05, 3.63) is 27.7 Å². The quantitative estimate of drug-likeness (QED) is 0.834. The molecular weight excluding hydrogens is 305 g/mol. The molecule has 0 bridgehead atoms. The monoisotopic (exact) mass is 317 g/mol.